The Balaban J connectivity index is 2.16. The van der Waals surface area contributed by atoms with E-state index in [0.29, 0.717) is 16.9 Å². The number of thiocarbonyl (C=S) groups is 1. The molecule has 100 valence electrons. The summed E-state index contributed by atoms with van der Waals surface area (Å²) in [5.41, 5.74) is 7.59. The van der Waals surface area contributed by atoms with Crippen molar-refractivity contribution in [3.8, 4) is 0 Å². The Bertz CT molecular complexity index is 530. The lowest BCUT2D eigenvalue weighted by Crippen LogP contribution is -2.16. The van der Waals surface area contributed by atoms with Gasteiger partial charge < -0.3 is 11.1 Å². The normalized spacial score (nSPS) is 12.4. The summed E-state index contributed by atoms with van der Waals surface area (Å²) < 4.78 is 0. The summed E-state index contributed by atoms with van der Waals surface area (Å²) in [6.07, 6.45) is 0. The summed E-state index contributed by atoms with van der Waals surface area (Å²) in [5.74, 6) is 0.522. The van der Waals surface area contributed by atoms with E-state index in [-0.39, 0.29) is 0 Å². The van der Waals surface area contributed by atoms with E-state index < -0.39 is 0 Å². The van der Waals surface area contributed by atoms with Crippen LogP contribution in [0.5, 0.6) is 0 Å². The van der Waals surface area contributed by atoms with Gasteiger partial charge in [-0.25, -0.2) is 0 Å². The molecule has 1 heterocycles. The smallest absolute Gasteiger partial charge is 0.103 e. The topological polar surface area (TPSA) is 38.0 Å². The van der Waals surface area contributed by atoms with Gasteiger partial charge in [-0.3, -0.25) is 0 Å². The predicted octanol–water partition coefficient (Wildman–Crippen LogP) is 4.19. The highest BCUT2D eigenvalue weighted by Crippen LogP contribution is 2.29. The van der Waals surface area contributed by atoms with E-state index >= 15 is 0 Å². The molecule has 1 aromatic heterocycles. The fraction of sp³-hybridized carbons (Fsp3) is 0.267. The van der Waals surface area contributed by atoms with Gasteiger partial charge in [0, 0.05) is 16.1 Å². The van der Waals surface area contributed by atoms with Gasteiger partial charge in [0.15, 0.2) is 0 Å². The summed E-state index contributed by atoms with van der Waals surface area (Å²) in [6.45, 7) is 4.45. The van der Waals surface area contributed by atoms with Crippen LogP contribution in [0.1, 0.15) is 30.3 Å². The molecular formula is C15H18N2S2. The summed E-state index contributed by atoms with van der Waals surface area (Å²) in [4.78, 5) is 1.79. The second kappa shape index (κ2) is 6.17. The number of nitrogens with two attached hydrogens (primary N) is 1. The molecule has 0 bridgehead atoms. The number of nitrogens with one attached hydrogen (secondary N) is 1. The molecule has 0 saturated heterocycles. The second-order valence-corrected chi connectivity index (χ2v) is 6.24. The lowest BCUT2D eigenvalue weighted by Gasteiger charge is -2.22. The van der Waals surface area contributed by atoms with Crippen LogP contribution in [0.25, 0.3) is 0 Å². The first kappa shape index (κ1) is 14.0. The molecule has 0 radical (unpaired) electrons. The highest BCUT2D eigenvalue weighted by atomic mass is 32.1. The third-order valence-electron chi connectivity index (χ3n) is 3.01. The zero-order chi connectivity index (χ0) is 13.8. The van der Waals surface area contributed by atoms with Crippen LogP contribution in [0.15, 0.2) is 41.8 Å². The number of hydrogen-bond donors (Lipinski definition) is 2. The molecule has 2 nitrogen and oxygen atoms in total. The molecule has 1 aromatic carbocycles. The molecule has 0 spiro atoms. The minimum Gasteiger partial charge on any atom is -0.389 e. The van der Waals surface area contributed by atoms with Crippen molar-refractivity contribution in [2.45, 2.75) is 19.9 Å². The Labute approximate surface area is 123 Å². The quantitative estimate of drug-likeness (QED) is 0.811. The molecule has 0 saturated carbocycles. The molecule has 0 aliphatic heterocycles. The van der Waals surface area contributed by atoms with E-state index in [1.807, 2.05) is 24.3 Å². The maximum absolute atomic E-state index is 5.60. The van der Waals surface area contributed by atoms with Crippen LogP contribution in [0.3, 0.4) is 0 Å². The molecule has 0 aliphatic carbocycles. The van der Waals surface area contributed by atoms with Crippen LogP contribution in [-0.2, 0) is 0 Å². The molecule has 3 N–H and O–H groups in total. The van der Waals surface area contributed by atoms with E-state index in [0.717, 1.165) is 11.3 Å². The minimum absolute atomic E-state index is 0.329. The van der Waals surface area contributed by atoms with Gasteiger partial charge in [0.1, 0.15) is 4.99 Å². The number of hydrogen-bond acceptors (Lipinski definition) is 3. The maximum atomic E-state index is 5.60. The summed E-state index contributed by atoms with van der Waals surface area (Å²) in [5, 5.41) is 5.69. The molecule has 1 unspecified atom stereocenters. The van der Waals surface area contributed by atoms with Crippen molar-refractivity contribution in [2.75, 3.05) is 5.32 Å². The average molecular weight is 290 g/mol. The van der Waals surface area contributed by atoms with Gasteiger partial charge in [-0.05, 0) is 41.6 Å². The Morgan fingerprint density at radius 3 is 2.37 bits per heavy atom. The number of rotatable bonds is 5. The Hall–Kier alpha value is -1.39. The fourth-order valence-electron chi connectivity index (χ4n) is 1.94. The van der Waals surface area contributed by atoms with Gasteiger partial charge in [0.25, 0.3) is 0 Å². The van der Waals surface area contributed by atoms with Crippen molar-refractivity contribution in [1.29, 1.82) is 0 Å². The molecule has 0 amide bonds. The molecular weight excluding hydrogens is 272 g/mol. The maximum Gasteiger partial charge on any atom is 0.103 e. The van der Waals surface area contributed by atoms with Crippen molar-refractivity contribution in [1.82, 2.24) is 0 Å². The largest absolute Gasteiger partial charge is 0.389 e. The lowest BCUT2D eigenvalue weighted by molar-refractivity contribution is 0.554. The van der Waals surface area contributed by atoms with E-state index in [1.165, 1.54) is 4.88 Å². The summed E-state index contributed by atoms with van der Waals surface area (Å²) >= 11 is 6.74. The molecule has 0 aliphatic rings. The molecule has 19 heavy (non-hydrogen) atoms. The van der Waals surface area contributed by atoms with Crippen molar-refractivity contribution >= 4 is 34.2 Å². The van der Waals surface area contributed by atoms with Crippen LogP contribution in [0.4, 0.5) is 5.69 Å². The third kappa shape index (κ3) is 3.55. The number of anilines is 1. The molecule has 2 rings (SSSR count). The standard InChI is InChI=1S/C15H18N2S2/c1-10(2)14(13-4-3-9-19-13)17-12-7-5-11(6-8-12)15(16)18/h3-10,14,17H,1-2H3,(H2,16,18). The zero-order valence-corrected chi connectivity index (χ0v) is 12.7. The van der Waals surface area contributed by atoms with Crippen molar-refractivity contribution in [2.24, 2.45) is 11.7 Å². The van der Waals surface area contributed by atoms with E-state index in [9.17, 15) is 0 Å². The predicted molar refractivity (Wildman–Crippen MR) is 87.9 cm³/mol. The SMILES string of the molecule is CC(C)C(Nc1ccc(C(N)=S)cc1)c1cccs1. The van der Waals surface area contributed by atoms with E-state index in [4.69, 9.17) is 18.0 Å². The fourth-order valence-corrected chi connectivity index (χ4v) is 3.03. The third-order valence-corrected chi connectivity index (χ3v) is 4.20. The summed E-state index contributed by atoms with van der Waals surface area (Å²) in [6, 6.07) is 12.6. The van der Waals surface area contributed by atoms with Crippen LogP contribution < -0.4 is 11.1 Å². The molecule has 1 atom stereocenters. The van der Waals surface area contributed by atoms with Crippen molar-refractivity contribution in [3.05, 3.63) is 52.2 Å². The zero-order valence-electron chi connectivity index (χ0n) is 11.1. The Morgan fingerprint density at radius 1 is 1.21 bits per heavy atom. The van der Waals surface area contributed by atoms with Gasteiger partial charge >= 0.3 is 0 Å². The van der Waals surface area contributed by atoms with Gasteiger partial charge in [0.2, 0.25) is 0 Å². The Kier molecular flexibility index (Phi) is 4.56. The highest BCUT2D eigenvalue weighted by molar-refractivity contribution is 7.80. The van der Waals surface area contributed by atoms with Crippen molar-refractivity contribution in [3.63, 3.8) is 0 Å². The minimum atomic E-state index is 0.329. The van der Waals surface area contributed by atoms with Crippen LogP contribution in [0, 0.1) is 5.92 Å². The van der Waals surface area contributed by atoms with E-state index in [2.05, 4.69) is 36.7 Å². The average Bonchev–Trinajstić information content (AvgIpc) is 2.89. The van der Waals surface area contributed by atoms with Crippen LogP contribution >= 0.6 is 23.6 Å². The highest BCUT2D eigenvalue weighted by Gasteiger charge is 2.16. The number of benzene rings is 1. The number of thiophene rings is 1. The van der Waals surface area contributed by atoms with Crippen molar-refractivity contribution < 1.29 is 0 Å². The summed E-state index contributed by atoms with van der Waals surface area (Å²) in [7, 11) is 0. The van der Waals surface area contributed by atoms with E-state index in [1.54, 1.807) is 11.3 Å². The van der Waals surface area contributed by atoms with Gasteiger partial charge in [-0.1, -0.05) is 32.1 Å². The molecule has 0 fully saturated rings. The van der Waals surface area contributed by atoms with Gasteiger partial charge in [0.05, 0.1) is 6.04 Å². The van der Waals surface area contributed by atoms with Gasteiger partial charge in [-0.15, -0.1) is 11.3 Å². The molecule has 4 heteroatoms. The first-order valence-corrected chi connectivity index (χ1v) is 7.56. The molecule has 2 aromatic rings. The first-order chi connectivity index (χ1) is 9.08. The first-order valence-electron chi connectivity index (χ1n) is 6.27. The second-order valence-electron chi connectivity index (χ2n) is 4.82. The monoisotopic (exact) mass is 290 g/mol. The Morgan fingerprint density at radius 2 is 1.89 bits per heavy atom. The van der Waals surface area contributed by atoms with Gasteiger partial charge in [-0.2, -0.15) is 0 Å². The van der Waals surface area contributed by atoms with Crippen LogP contribution in [0.2, 0.25) is 0 Å². The van der Waals surface area contributed by atoms with Crippen LogP contribution in [-0.4, -0.2) is 4.99 Å². The lowest BCUT2D eigenvalue weighted by atomic mass is 10.0.